The van der Waals surface area contributed by atoms with E-state index in [4.69, 9.17) is 9.47 Å². The molecule has 0 fully saturated rings. The molecule has 262 valence electrons. The molecule has 1 aliphatic heterocycles. The van der Waals surface area contributed by atoms with E-state index < -0.39 is 49.8 Å². The standard InChI is InChI=1S/C34H44FN3O8S2/c1-24-21-38(25(2)23-39)34(40)31-20-28(36-47(41,42)29-11-6-5-7-12-29)15-18-32(31)46-26(3)10-8-9-19-45-33(24)22-37(4)48(43,44)30-16-13-27(35)14-17-30/h5-7,11-18,20,24-26,33,36,39H,8-10,19,21-23H2,1-4H3/t24-,25+,26+,33-/m0/s1. The molecule has 3 aromatic rings. The van der Waals surface area contributed by atoms with E-state index in [0.717, 1.165) is 22.9 Å². The lowest BCUT2D eigenvalue weighted by molar-refractivity contribution is -0.00834. The molecule has 0 bridgehead atoms. The van der Waals surface area contributed by atoms with Crippen LogP contribution in [0.1, 0.15) is 50.4 Å². The third-order valence-corrected chi connectivity index (χ3v) is 11.6. The molecule has 0 aliphatic carbocycles. The Bertz CT molecular complexity index is 1740. The number of amides is 1. The average molecular weight is 706 g/mol. The highest BCUT2D eigenvalue weighted by Crippen LogP contribution is 2.30. The summed E-state index contributed by atoms with van der Waals surface area (Å²) in [7, 11) is -6.51. The molecule has 11 nitrogen and oxygen atoms in total. The first-order chi connectivity index (χ1) is 22.7. The van der Waals surface area contributed by atoms with E-state index in [1.807, 2.05) is 13.8 Å². The molecule has 4 atom stereocenters. The molecule has 0 saturated heterocycles. The molecule has 0 spiro atoms. The van der Waals surface area contributed by atoms with Crippen LogP contribution in [0.5, 0.6) is 5.75 Å². The van der Waals surface area contributed by atoms with Gasteiger partial charge in [0.15, 0.2) is 0 Å². The maximum Gasteiger partial charge on any atom is 0.261 e. The minimum Gasteiger partial charge on any atom is -0.490 e. The highest BCUT2D eigenvalue weighted by atomic mass is 32.2. The lowest BCUT2D eigenvalue weighted by Gasteiger charge is -2.35. The smallest absolute Gasteiger partial charge is 0.261 e. The van der Waals surface area contributed by atoms with Gasteiger partial charge in [-0.1, -0.05) is 25.1 Å². The van der Waals surface area contributed by atoms with Crippen LogP contribution in [-0.4, -0.2) is 88.7 Å². The lowest BCUT2D eigenvalue weighted by Crippen LogP contribution is -2.48. The highest BCUT2D eigenvalue weighted by molar-refractivity contribution is 7.92. The summed E-state index contributed by atoms with van der Waals surface area (Å²) in [5.74, 6) is -1.20. The summed E-state index contributed by atoms with van der Waals surface area (Å²) in [5.41, 5.74) is 0.259. The Hall–Kier alpha value is -3.56. The number of rotatable bonds is 9. The van der Waals surface area contributed by atoms with Crippen LogP contribution in [0.4, 0.5) is 10.1 Å². The number of nitrogens with one attached hydrogen (secondary N) is 1. The van der Waals surface area contributed by atoms with Crippen LogP contribution < -0.4 is 9.46 Å². The normalized spacial score (nSPS) is 20.8. The number of aliphatic hydroxyl groups excluding tert-OH is 1. The van der Waals surface area contributed by atoms with Gasteiger partial charge in [0.2, 0.25) is 10.0 Å². The fourth-order valence-electron chi connectivity index (χ4n) is 5.40. The Morgan fingerprint density at radius 2 is 1.69 bits per heavy atom. The fraction of sp³-hybridized carbons (Fsp3) is 0.441. The van der Waals surface area contributed by atoms with Crippen LogP contribution in [0.15, 0.2) is 82.6 Å². The quantitative estimate of drug-likeness (QED) is 0.325. The van der Waals surface area contributed by atoms with Gasteiger partial charge in [0.25, 0.3) is 15.9 Å². The summed E-state index contributed by atoms with van der Waals surface area (Å²) in [5, 5.41) is 10.2. The second-order valence-corrected chi connectivity index (χ2v) is 15.9. The number of likely N-dealkylation sites (N-methyl/N-ethyl adjacent to an activating group) is 1. The number of carbonyl (C=O) groups excluding carboxylic acids is 1. The molecule has 1 aliphatic rings. The van der Waals surface area contributed by atoms with E-state index in [-0.39, 0.29) is 52.6 Å². The number of ether oxygens (including phenoxy) is 2. The average Bonchev–Trinajstić information content (AvgIpc) is 3.06. The van der Waals surface area contributed by atoms with Gasteiger partial charge in [-0.25, -0.2) is 21.2 Å². The van der Waals surface area contributed by atoms with Crippen molar-refractivity contribution >= 4 is 31.6 Å². The molecule has 0 radical (unpaired) electrons. The van der Waals surface area contributed by atoms with Gasteiger partial charge in [-0.05, 0) is 87.7 Å². The third kappa shape index (κ3) is 9.32. The predicted octanol–water partition coefficient (Wildman–Crippen LogP) is 4.74. The number of fused-ring (bicyclic) bond motifs is 1. The van der Waals surface area contributed by atoms with Crippen molar-refractivity contribution in [3.05, 3.63) is 84.2 Å². The van der Waals surface area contributed by atoms with Crippen LogP contribution in [0, 0.1) is 11.7 Å². The molecule has 4 rings (SSSR count). The van der Waals surface area contributed by atoms with Gasteiger partial charge in [-0.15, -0.1) is 0 Å². The summed E-state index contributed by atoms with van der Waals surface area (Å²) < 4.78 is 82.5. The number of hydrogen-bond acceptors (Lipinski definition) is 8. The molecule has 1 heterocycles. The van der Waals surface area contributed by atoms with Gasteiger partial charge in [-0.2, -0.15) is 4.31 Å². The topological polar surface area (TPSA) is 143 Å². The Labute approximate surface area is 282 Å². The van der Waals surface area contributed by atoms with Crippen LogP contribution in [-0.2, 0) is 24.8 Å². The van der Waals surface area contributed by atoms with Crippen LogP contribution in [0.2, 0.25) is 0 Å². The van der Waals surface area contributed by atoms with Gasteiger partial charge in [0, 0.05) is 38.3 Å². The summed E-state index contributed by atoms with van der Waals surface area (Å²) in [6.07, 6.45) is 1.10. The molecule has 14 heteroatoms. The van der Waals surface area contributed by atoms with Crippen molar-refractivity contribution in [2.45, 2.75) is 68.1 Å². The van der Waals surface area contributed by atoms with E-state index in [2.05, 4.69) is 4.72 Å². The van der Waals surface area contributed by atoms with Gasteiger partial charge in [-0.3, -0.25) is 9.52 Å². The molecule has 0 saturated carbocycles. The molecule has 1 amide bonds. The van der Waals surface area contributed by atoms with Crippen molar-refractivity contribution in [2.24, 2.45) is 5.92 Å². The molecule has 2 N–H and O–H groups in total. The molecular formula is C34H44FN3O8S2. The van der Waals surface area contributed by atoms with Crippen molar-refractivity contribution < 1.29 is 40.6 Å². The fourth-order valence-corrected chi connectivity index (χ4v) is 7.65. The van der Waals surface area contributed by atoms with Crippen molar-refractivity contribution in [1.29, 1.82) is 0 Å². The summed E-state index contributed by atoms with van der Waals surface area (Å²) in [4.78, 5) is 15.8. The van der Waals surface area contributed by atoms with E-state index >= 15 is 0 Å². The first kappa shape index (κ1) is 37.3. The summed E-state index contributed by atoms with van der Waals surface area (Å²) in [6, 6.07) is 16.3. The second kappa shape index (κ2) is 16.2. The SMILES string of the molecule is C[C@@H]1CCCCO[C@@H](CN(C)S(=O)(=O)c2ccc(F)cc2)[C@@H](C)CN([C@H](C)CO)C(=O)c2cc(NS(=O)(=O)c3ccccc3)ccc2O1. The number of anilines is 1. The molecule has 48 heavy (non-hydrogen) atoms. The molecule has 3 aromatic carbocycles. The van der Waals surface area contributed by atoms with Gasteiger partial charge in [0.1, 0.15) is 11.6 Å². The van der Waals surface area contributed by atoms with Crippen LogP contribution in [0.25, 0.3) is 0 Å². The first-order valence-electron chi connectivity index (χ1n) is 15.9. The van der Waals surface area contributed by atoms with Gasteiger partial charge >= 0.3 is 0 Å². The largest absolute Gasteiger partial charge is 0.490 e. The number of benzene rings is 3. The zero-order valence-electron chi connectivity index (χ0n) is 27.6. The number of nitrogens with zero attached hydrogens (tertiary/aromatic N) is 2. The first-order valence-corrected chi connectivity index (χ1v) is 18.8. The van der Waals surface area contributed by atoms with Crippen molar-refractivity contribution in [1.82, 2.24) is 9.21 Å². The highest BCUT2D eigenvalue weighted by Gasteiger charge is 2.32. The van der Waals surface area contributed by atoms with Crippen LogP contribution >= 0.6 is 0 Å². The van der Waals surface area contributed by atoms with Crippen molar-refractivity contribution in [3.63, 3.8) is 0 Å². The van der Waals surface area contributed by atoms with Crippen LogP contribution in [0.3, 0.4) is 0 Å². The summed E-state index contributed by atoms with van der Waals surface area (Å²) in [6.45, 7) is 5.40. The minimum atomic E-state index is -3.98. The molecule has 0 aromatic heterocycles. The maximum absolute atomic E-state index is 14.3. The maximum atomic E-state index is 14.3. The molecule has 0 unspecified atom stereocenters. The van der Waals surface area contributed by atoms with Crippen molar-refractivity contribution in [2.75, 3.05) is 38.1 Å². The van der Waals surface area contributed by atoms with E-state index in [1.165, 1.54) is 48.3 Å². The Morgan fingerprint density at radius 1 is 1.00 bits per heavy atom. The number of carbonyl (C=O) groups is 1. The Morgan fingerprint density at radius 3 is 2.35 bits per heavy atom. The number of aliphatic hydroxyl groups is 1. The summed E-state index contributed by atoms with van der Waals surface area (Å²) >= 11 is 0. The monoisotopic (exact) mass is 705 g/mol. The number of sulfonamides is 2. The second-order valence-electron chi connectivity index (χ2n) is 12.2. The Kier molecular flexibility index (Phi) is 12.6. The van der Waals surface area contributed by atoms with Gasteiger partial charge in [0.05, 0.1) is 40.2 Å². The van der Waals surface area contributed by atoms with E-state index in [9.17, 15) is 31.1 Å². The van der Waals surface area contributed by atoms with E-state index in [0.29, 0.717) is 19.4 Å². The predicted molar refractivity (Wildman–Crippen MR) is 180 cm³/mol. The zero-order valence-corrected chi connectivity index (χ0v) is 29.2. The molecular weight excluding hydrogens is 662 g/mol. The lowest BCUT2D eigenvalue weighted by atomic mass is 10.0. The van der Waals surface area contributed by atoms with E-state index in [1.54, 1.807) is 31.2 Å². The minimum absolute atomic E-state index is 0.0437. The number of hydrogen-bond donors (Lipinski definition) is 2. The third-order valence-electron chi connectivity index (χ3n) is 8.32. The zero-order chi connectivity index (χ0) is 35.1. The van der Waals surface area contributed by atoms with Gasteiger partial charge < -0.3 is 19.5 Å². The Balaban J connectivity index is 1.67. The van der Waals surface area contributed by atoms with Crippen molar-refractivity contribution in [3.8, 4) is 5.75 Å². The number of halogens is 1.